The number of nitriles is 1. The average molecular weight is 326 g/mol. The van der Waals surface area contributed by atoms with E-state index >= 15 is 0 Å². The summed E-state index contributed by atoms with van der Waals surface area (Å²) in [6, 6.07) is 16.6. The molecular formula is C18H16ClN3O. The van der Waals surface area contributed by atoms with Gasteiger partial charge in [0.05, 0.1) is 0 Å². The molecule has 0 aliphatic carbocycles. The van der Waals surface area contributed by atoms with Gasteiger partial charge in [-0.3, -0.25) is 4.79 Å². The van der Waals surface area contributed by atoms with Crippen molar-refractivity contribution >= 4 is 28.9 Å². The zero-order valence-electron chi connectivity index (χ0n) is 12.9. The van der Waals surface area contributed by atoms with Crippen molar-refractivity contribution in [1.82, 2.24) is 0 Å². The molecule has 0 aromatic heterocycles. The number of halogens is 1. The van der Waals surface area contributed by atoms with E-state index in [-0.39, 0.29) is 5.57 Å². The van der Waals surface area contributed by atoms with E-state index in [4.69, 9.17) is 11.6 Å². The lowest BCUT2D eigenvalue weighted by Gasteiger charge is -2.15. The lowest BCUT2D eigenvalue weighted by molar-refractivity contribution is -0.112. The topological polar surface area (TPSA) is 56.1 Å². The van der Waals surface area contributed by atoms with Gasteiger partial charge >= 0.3 is 0 Å². The highest BCUT2D eigenvalue weighted by molar-refractivity contribution is 6.31. The molecule has 4 nitrogen and oxygen atoms in total. The summed E-state index contributed by atoms with van der Waals surface area (Å²) in [5.41, 5.74) is 2.24. The molecule has 2 aromatic carbocycles. The van der Waals surface area contributed by atoms with Crippen LogP contribution in [0.3, 0.4) is 0 Å². The quantitative estimate of drug-likeness (QED) is 0.679. The number of nitrogens with zero attached hydrogens (tertiary/aromatic N) is 2. The number of anilines is 2. The second-order valence-corrected chi connectivity index (χ2v) is 5.37. The molecule has 116 valence electrons. The van der Waals surface area contributed by atoms with Crippen LogP contribution in [0, 0.1) is 18.3 Å². The molecule has 0 aliphatic rings. The first-order chi connectivity index (χ1) is 11.0. The van der Waals surface area contributed by atoms with Gasteiger partial charge < -0.3 is 10.2 Å². The molecule has 0 radical (unpaired) electrons. The Morgan fingerprint density at radius 2 is 1.91 bits per heavy atom. The number of carbonyl (C=O) groups is 1. The first-order valence-corrected chi connectivity index (χ1v) is 7.37. The summed E-state index contributed by atoms with van der Waals surface area (Å²) >= 11 is 6.04. The van der Waals surface area contributed by atoms with Gasteiger partial charge in [0.25, 0.3) is 5.91 Å². The van der Waals surface area contributed by atoms with Gasteiger partial charge in [-0.05, 0) is 36.8 Å². The maximum Gasteiger partial charge on any atom is 0.267 e. The van der Waals surface area contributed by atoms with E-state index in [0.717, 1.165) is 11.3 Å². The fraction of sp³-hybridized carbons (Fsp3) is 0.111. The van der Waals surface area contributed by atoms with Crippen LogP contribution in [0.25, 0.3) is 0 Å². The Kier molecular flexibility index (Phi) is 5.40. The summed E-state index contributed by atoms with van der Waals surface area (Å²) < 4.78 is 0. The van der Waals surface area contributed by atoms with Gasteiger partial charge in [0.1, 0.15) is 11.6 Å². The third-order valence-corrected chi connectivity index (χ3v) is 3.78. The third-order valence-electron chi connectivity index (χ3n) is 3.37. The van der Waals surface area contributed by atoms with Crippen molar-refractivity contribution in [1.29, 1.82) is 5.26 Å². The van der Waals surface area contributed by atoms with Crippen molar-refractivity contribution in [3.05, 3.63) is 70.9 Å². The van der Waals surface area contributed by atoms with Gasteiger partial charge in [0, 0.05) is 29.6 Å². The average Bonchev–Trinajstić information content (AvgIpc) is 2.57. The molecule has 2 aromatic rings. The number of amides is 1. The zero-order chi connectivity index (χ0) is 16.8. The molecule has 0 saturated heterocycles. The lowest BCUT2D eigenvalue weighted by atomic mass is 10.2. The molecule has 0 atom stereocenters. The normalized spacial score (nSPS) is 10.8. The molecule has 0 heterocycles. The van der Waals surface area contributed by atoms with E-state index in [2.05, 4.69) is 5.32 Å². The minimum atomic E-state index is -0.472. The lowest BCUT2D eigenvalue weighted by Crippen LogP contribution is -2.18. The van der Waals surface area contributed by atoms with Crippen LogP contribution in [0.4, 0.5) is 11.4 Å². The van der Waals surface area contributed by atoms with Crippen molar-refractivity contribution in [3.63, 3.8) is 0 Å². The van der Waals surface area contributed by atoms with Crippen LogP contribution >= 0.6 is 11.6 Å². The fourth-order valence-corrected chi connectivity index (χ4v) is 2.18. The van der Waals surface area contributed by atoms with Gasteiger partial charge in [0.2, 0.25) is 0 Å². The molecule has 5 heteroatoms. The van der Waals surface area contributed by atoms with E-state index < -0.39 is 5.91 Å². The highest BCUT2D eigenvalue weighted by Gasteiger charge is 2.13. The predicted octanol–water partition coefficient (Wildman–Crippen LogP) is 4.13. The van der Waals surface area contributed by atoms with Crippen LogP contribution in [-0.4, -0.2) is 13.0 Å². The summed E-state index contributed by atoms with van der Waals surface area (Å²) in [5.74, 6) is -0.472. The monoisotopic (exact) mass is 325 g/mol. The summed E-state index contributed by atoms with van der Waals surface area (Å²) in [6.07, 6.45) is 1.50. The smallest absolute Gasteiger partial charge is 0.267 e. The van der Waals surface area contributed by atoms with E-state index in [1.807, 2.05) is 43.3 Å². The standard InChI is InChI=1S/C18H16ClN3O/c1-13-16(19)9-6-10-17(13)21-18(23)14(11-20)12-22(2)15-7-4-3-5-8-15/h3-10,12H,1-2H3,(H,21,23)/b14-12-. The van der Waals surface area contributed by atoms with E-state index in [1.54, 1.807) is 30.1 Å². The van der Waals surface area contributed by atoms with Crippen molar-refractivity contribution < 1.29 is 4.79 Å². The number of para-hydroxylation sites is 1. The van der Waals surface area contributed by atoms with Crippen molar-refractivity contribution in [2.75, 3.05) is 17.3 Å². The first-order valence-electron chi connectivity index (χ1n) is 6.99. The molecule has 2 rings (SSSR count). The number of rotatable bonds is 4. The molecule has 0 aliphatic heterocycles. The molecular weight excluding hydrogens is 310 g/mol. The summed E-state index contributed by atoms with van der Waals surface area (Å²) in [6.45, 7) is 1.81. The second-order valence-electron chi connectivity index (χ2n) is 4.97. The van der Waals surface area contributed by atoms with Crippen LogP contribution in [0.15, 0.2) is 60.3 Å². The van der Waals surface area contributed by atoms with E-state index in [0.29, 0.717) is 10.7 Å². The van der Waals surface area contributed by atoms with Crippen molar-refractivity contribution in [2.24, 2.45) is 0 Å². The highest BCUT2D eigenvalue weighted by atomic mass is 35.5. The SMILES string of the molecule is Cc1c(Cl)cccc1NC(=O)/C(C#N)=C\N(C)c1ccccc1. The predicted molar refractivity (Wildman–Crippen MR) is 93.4 cm³/mol. The molecule has 0 spiro atoms. The fourth-order valence-electron chi connectivity index (χ4n) is 2.00. The summed E-state index contributed by atoms with van der Waals surface area (Å²) in [5, 5.41) is 12.5. The van der Waals surface area contributed by atoms with Crippen LogP contribution < -0.4 is 10.2 Å². The number of hydrogen-bond donors (Lipinski definition) is 1. The molecule has 0 bridgehead atoms. The molecule has 0 saturated carbocycles. The zero-order valence-corrected chi connectivity index (χ0v) is 13.6. The van der Waals surface area contributed by atoms with Crippen LogP contribution in [0.5, 0.6) is 0 Å². The molecule has 0 fully saturated rings. The second kappa shape index (κ2) is 7.48. The Morgan fingerprint density at radius 1 is 1.22 bits per heavy atom. The van der Waals surface area contributed by atoms with E-state index in [1.165, 1.54) is 6.20 Å². The van der Waals surface area contributed by atoms with Crippen molar-refractivity contribution in [2.45, 2.75) is 6.92 Å². The third kappa shape index (κ3) is 4.12. The first kappa shape index (κ1) is 16.6. The molecule has 1 amide bonds. The van der Waals surface area contributed by atoms with Crippen molar-refractivity contribution in [3.8, 4) is 6.07 Å². The number of carbonyl (C=O) groups excluding carboxylic acids is 1. The molecule has 1 N–H and O–H groups in total. The largest absolute Gasteiger partial charge is 0.350 e. The van der Waals surface area contributed by atoms with Crippen LogP contribution in [0.2, 0.25) is 5.02 Å². The Hall–Kier alpha value is -2.77. The van der Waals surface area contributed by atoms with Gasteiger partial charge in [-0.2, -0.15) is 5.26 Å². The Morgan fingerprint density at radius 3 is 2.57 bits per heavy atom. The van der Waals surface area contributed by atoms with Crippen LogP contribution in [0.1, 0.15) is 5.56 Å². The molecule has 23 heavy (non-hydrogen) atoms. The number of benzene rings is 2. The maximum atomic E-state index is 12.3. The van der Waals surface area contributed by atoms with E-state index in [9.17, 15) is 10.1 Å². The summed E-state index contributed by atoms with van der Waals surface area (Å²) in [4.78, 5) is 14.0. The Bertz CT molecular complexity index is 779. The Labute approximate surface area is 140 Å². The number of hydrogen-bond acceptors (Lipinski definition) is 3. The highest BCUT2D eigenvalue weighted by Crippen LogP contribution is 2.23. The minimum absolute atomic E-state index is 0.00993. The summed E-state index contributed by atoms with van der Waals surface area (Å²) in [7, 11) is 1.78. The van der Waals surface area contributed by atoms with Gasteiger partial charge in [-0.1, -0.05) is 35.9 Å². The van der Waals surface area contributed by atoms with Gasteiger partial charge in [-0.25, -0.2) is 0 Å². The van der Waals surface area contributed by atoms with Gasteiger partial charge in [-0.15, -0.1) is 0 Å². The Balaban J connectivity index is 2.20. The van der Waals surface area contributed by atoms with Crippen LogP contribution in [-0.2, 0) is 4.79 Å². The van der Waals surface area contributed by atoms with Gasteiger partial charge in [0.15, 0.2) is 0 Å². The number of nitrogens with one attached hydrogen (secondary N) is 1. The molecule has 0 unspecified atom stereocenters. The minimum Gasteiger partial charge on any atom is -0.350 e. The maximum absolute atomic E-state index is 12.3.